The van der Waals surface area contributed by atoms with Crippen LogP contribution >= 0.6 is 11.3 Å². The van der Waals surface area contributed by atoms with E-state index in [2.05, 4.69) is 15.3 Å². The Morgan fingerprint density at radius 1 is 1.26 bits per heavy atom. The molecular formula is C17H14FN3OS. The molecule has 0 fully saturated rings. The van der Waals surface area contributed by atoms with Gasteiger partial charge in [0.1, 0.15) is 10.8 Å². The zero-order valence-electron chi connectivity index (χ0n) is 12.2. The van der Waals surface area contributed by atoms with Gasteiger partial charge in [-0.05, 0) is 30.3 Å². The molecule has 0 saturated carbocycles. The van der Waals surface area contributed by atoms with Crippen LogP contribution in [0, 0.1) is 5.82 Å². The van der Waals surface area contributed by atoms with Crippen LogP contribution in [0.5, 0.6) is 0 Å². The molecule has 23 heavy (non-hydrogen) atoms. The van der Waals surface area contributed by atoms with Crippen molar-refractivity contribution in [3.63, 3.8) is 0 Å². The number of nitrogens with zero attached hydrogens (tertiary/aromatic N) is 2. The predicted octanol–water partition coefficient (Wildman–Crippen LogP) is 3.32. The van der Waals surface area contributed by atoms with Crippen molar-refractivity contribution < 1.29 is 9.18 Å². The predicted molar refractivity (Wildman–Crippen MR) is 87.8 cm³/mol. The Bertz CT molecular complexity index is 804. The van der Waals surface area contributed by atoms with Crippen LogP contribution in [-0.2, 0) is 6.42 Å². The van der Waals surface area contributed by atoms with Gasteiger partial charge in [0, 0.05) is 41.9 Å². The number of halogens is 1. The van der Waals surface area contributed by atoms with Crippen molar-refractivity contribution in [1.82, 2.24) is 15.3 Å². The van der Waals surface area contributed by atoms with E-state index >= 15 is 0 Å². The van der Waals surface area contributed by atoms with Crippen LogP contribution in [0.3, 0.4) is 0 Å². The summed E-state index contributed by atoms with van der Waals surface area (Å²) in [6.45, 7) is 0.450. The van der Waals surface area contributed by atoms with E-state index in [1.165, 1.54) is 18.2 Å². The van der Waals surface area contributed by atoms with Gasteiger partial charge >= 0.3 is 0 Å². The van der Waals surface area contributed by atoms with Gasteiger partial charge in [0.05, 0.1) is 5.69 Å². The third-order valence-electron chi connectivity index (χ3n) is 3.21. The first-order valence-electron chi connectivity index (χ1n) is 7.11. The zero-order valence-corrected chi connectivity index (χ0v) is 13.0. The standard InChI is InChI=1S/C17H14FN3OS/c18-14-5-1-3-12(9-14)16(22)20-8-6-15-11-23-17(21-15)13-4-2-7-19-10-13/h1-5,7,9-11H,6,8H2,(H,20,22). The average molecular weight is 327 g/mol. The lowest BCUT2D eigenvalue weighted by atomic mass is 10.2. The molecule has 2 aromatic heterocycles. The zero-order chi connectivity index (χ0) is 16.1. The van der Waals surface area contributed by atoms with Crippen molar-refractivity contribution in [2.75, 3.05) is 6.54 Å². The lowest BCUT2D eigenvalue weighted by Crippen LogP contribution is -2.25. The highest BCUT2D eigenvalue weighted by molar-refractivity contribution is 7.13. The van der Waals surface area contributed by atoms with Gasteiger partial charge in [-0.15, -0.1) is 11.3 Å². The Labute approximate surface area is 137 Å². The van der Waals surface area contributed by atoms with Crippen molar-refractivity contribution in [3.05, 3.63) is 71.2 Å². The topological polar surface area (TPSA) is 54.9 Å². The SMILES string of the molecule is O=C(NCCc1csc(-c2cccnc2)n1)c1cccc(F)c1. The maximum atomic E-state index is 13.1. The largest absolute Gasteiger partial charge is 0.352 e. The van der Waals surface area contributed by atoms with Crippen LogP contribution in [0.4, 0.5) is 4.39 Å². The van der Waals surface area contributed by atoms with Crippen LogP contribution in [0.15, 0.2) is 54.2 Å². The Morgan fingerprint density at radius 2 is 2.17 bits per heavy atom. The minimum absolute atomic E-state index is 0.285. The molecule has 0 atom stereocenters. The number of hydrogen-bond acceptors (Lipinski definition) is 4. The number of rotatable bonds is 5. The summed E-state index contributed by atoms with van der Waals surface area (Å²) < 4.78 is 13.1. The molecule has 0 aliphatic carbocycles. The fourth-order valence-corrected chi connectivity index (χ4v) is 2.92. The molecular weight excluding hydrogens is 313 g/mol. The summed E-state index contributed by atoms with van der Waals surface area (Å²) in [6.07, 6.45) is 4.12. The van der Waals surface area contributed by atoms with Crippen molar-refractivity contribution in [3.8, 4) is 10.6 Å². The summed E-state index contributed by atoms with van der Waals surface area (Å²) in [5, 5.41) is 5.65. The highest BCUT2D eigenvalue weighted by Gasteiger charge is 2.08. The van der Waals surface area contributed by atoms with E-state index in [0.29, 0.717) is 18.5 Å². The second-order valence-corrected chi connectivity index (χ2v) is 5.76. The monoisotopic (exact) mass is 327 g/mol. The van der Waals surface area contributed by atoms with E-state index < -0.39 is 5.82 Å². The summed E-state index contributed by atoms with van der Waals surface area (Å²) in [6, 6.07) is 9.47. The van der Waals surface area contributed by atoms with Gasteiger partial charge in [0.25, 0.3) is 5.91 Å². The summed E-state index contributed by atoms with van der Waals surface area (Å²) in [7, 11) is 0. The number of pyridine rings is 1. The summed E-state index contributed by atoms with van der Waals surface area (Å²) in [4.78, 5) is 20.5. The minimum Gasteiger partial charge on any atom is -0.352 e. The molecule has 0 unspecified atom stereocenters. The van der Waals surface area contributed by atoms with Crippen LogP contribution in [0.25, 0.3) is 10.6 Å². The second-order valence-electron chi connectivity index (χ2n) is 4.90. The molecule has 1 N–H and O–H groups in total. The second kappa shape index (κ2) is 7.11. The Balaban J connectivity index is 1.55. The first kappa shape index (κ1) is 15.3. The van der Waals surface area contributed by atoms with E-state index in [0.717, 1.165) is 16.3 Å². The highest BCUT2D eigenvalue weighted by atomic mass is 32.1. The lowest BCUT2D eigenvalue weighted by Gasteiger charge is -2.04. The molecule has 0 saturated heterocycles. The van der Waals surface area contributed by atoms with Gasteiger partial charge in [-0.1, -0.05) is 6.07 Å². The van der Waals surface area contributed by atoms with Gasteiger partial charge < -0.3 is 5.32 Å². The Kier molecular flexibility index (Phi) is 4.73. The molecule has 0 spiro atoms. The molecule has 3 aromatic rings. The number of nitrogens with one attached hydrogen (secondary N) is 1. The Morgan fingerprint density at radius 3 is 2.96 bits per heavy atom. The third kappa shape index (κ3) is 3.98. The molecule has 2 heterocycles. The van der Waals surface area contributed by atoms with Crippen LogP contribution in [0.1, 0.15) is 16.1 Å². The van der Waals surface area contributed by atoms with Gasteiger partial charge in [-0.25, -0.2) is 9.37 Å². The highest BCUT2D eigenvalue weighted by Crippen LogP contribution is 2.22. The number of amides is 1. The van der Waals surface area contributed by atoms with Crippen LogP contribution < -0.4 is 5.32 Å². The molecule has 116 valence electrons. The smallest absolute Gasteiger partial charge is 0.251 e. The van der Waals surface area contributed by atoms with E-state index in [9.17, 15) is 9.18 Å². The van der Waals surface area contributed by atoms with E-state index in [1.54, 1.807) is 29.8 Å². The molecule has 0 aliphatic heterocycles. The molecule has 0 bridgehead atoms. The number of carbonyl (C=O) groups is 1. The molecule has 1 amide bonds. The first-order valence-corrected chi connectivity index (χ1v) is 7.99. The number of carbonyl (C=O) groups excluding carboxylic acids is 1. The summed E-state index contributed by atoms with van der Waals surface area (Å²) in [5.74, 6) is -0.703. The first-order chi connectivity index (χ1) is 11.2. The third-order valence-corrected chi connectivity index (χ3v) is 4.15. The van der Waals surface area contributed by atoms with E-state index in [-0.39, 0.29) is 5.91 Å². The number of hydrogen-bond donors (Lipinski definition) is 1. The summed E-state index contributed by atoms with van der Waals surface area (Å²) in [5.41, 5.74) is 2.21. The van der Waals surface area contributed by atoms with Crippen LogP contribution in [0.2, 0.25) is 0 Å². The molecule has 0 aliphatic rings. The van der Waals surface area contributed by atoms with Crippen molar-refractivity contribution >= 4 is 17.2 Å². The normalized spacial score (nSPS) is 10.5. The van der Waals surface area contributed by atoms with Gasteiger partial charge in [0.2, 0.25) is 0 Å². The van der Waals surface area contributed by atoms with E-state index in [1.807, 2.05) is 17.5 Å². The molecule has 0 radical (unpaired) electrons. The minimum atomic E-state index is -0.418. The average Bonchev–Trinajstić information content (AvgIpc) is 3.04. The van der Waals surface area contributed by atoms with E-state index in [4.69, 9.17) is 0 Å². The molecule has 1 aromatic carbocycles. The summed E-state index contributed by atoms with van der Waals surface area (Å²) >= 11 is 1.55. The molecule has 3 rings (SSSR count). The quantitative estimate of drug-likeness (QED) is 0.782. The van der Waals surface area contributed by atoms with Crippen LogP contribution in [-0.4, -0.2) is 22.4 Å². The maximum absolute atomic E-state index is 13.1. The van der Waals surface area contributed by atoms with Gasteiger partial charge in [-0.2, -0.15) is 0 Å². The fraction of sp³-hybridized carbons (Fsp3) is 0.118. The molecule has 4 nitrogen and oxygen atoms in total. The maximum Gasteiger partial charge on any atom is 0.251 e. The number of thiazole rings is 1. The van der Waals surface area contributed by atoms with Gasteiger partial charge in [-0.3, -0.25) is 9.78 Å². The lowest BCUT2D eigenvalue weighted by molar-refractivity contribution is 0.0953. The molecule has 6 heteroatoms. The fourth-order valence-electron chi connectivity index (χ4n) is 2.08. The van der Waals surface area contributed by atoms with Crippen molar-refractivity contribution in [1.29, 1.82) is 0 Å². The number of benzene rings is 1. The Hall–Kier alpha value is -2.60. The van der Waals surface area contributed by atoms with Gasteiger partial charge in [0.15, 0.2) is 0 Å². The van der Waals surface area contributed by atoms with Crippen molar-refractivity contribution in [2.24, 2.45) is 0 Å². The number of aromatic nitrogens is 2. The van der Waals surface area contributed by atoms with Crippen molar-refractivity contribution in [2.45, 2.75) is 6.42 Å².